The second kappa shape index (κ2) is 9.12. The van der Waals surface area contributed by atoms with E-state index in [1.54, 1.807) is 37.4 Å². The second-order valence-corrected chi connectivity index (χ2v) is 7.86. The maximum Gasteiger partial charge on any atom is 0.395 e. The highest BCUT2D eigenvalue weighted by Crippen LogP contribution is 2.37. The van der Waals surface area contributed by atoms with Gasteiger partial charge in [0.2, 0.25) is 5.95 Å². The second-order valence-electron chi connectivity index (χ2n) is 7.86. The lowest BCUT2D eigenvalue weighted by atomic mass is 9.95. The van der Waals surface area contributed by atoms with Crippen LogP contribution < -0.4 is 11.1 Å². The standard InChI is InChI=1S/C24H21F4N5O/c1-14-7-8-17(16-10-12-33-19(13-16)31-23(29)32-33)21(25)20(14)22(34)30-11-9-18(24(26,27)28)15-5-3-2-4-6-15/h2-8,10,12-13,18H,9,11H2,1H3,(H2,29,32)(H,30,34). The number of nitrogen functional groups attached to an aromatic ring is 1. The number of halogens is 4. The number of nitrogens with two attached hydrogens (primary N) is 1. The number of aromatic nitrogens is 3. The van der Waals surface area contributed by atoms with Crippen molar-refractivity contribution < 1.29 is 22.4 Å². The van der Waals surface area contributed by atoms with E-state index in [0.717, 1.165) is 0 Å². The summed E-state index contributed by atoms with van der Waals surface area (Å²) >= 11 is 0. The van der Waals surface area contributed by atoms with Gasteiger partial charge in [0.15, 0.2) is 5.65 Å². The number of hydrogen-bond acceptors (Lipinski definition) is 4. The minimum atomic E-state index is -4.48. The minimum absolute atomic E-state index is 0.0641. The molecular weight excluding hydrogens is 450 g/mol. The van der Waals surface area contributed by atoms with Crippen LogP contribution in [0.3, 0.4) is 0 Å². The molecule has 2 aromatic carbocycles. The van der Waals surface area contributed by atoms with Gasteiger partial charge in [0.1, 0.15) is 5.82 Å². The van der Waals surface area contributed by atoms with E-state index in [1.807, 2.05) is 0 Å². The fourth-order valence-corrected chi connectivity index (χ4v) is 3.86. The summed E-state index contributed by atoms with van der Waals surface area (Å²) in [4.78, 5) is 16.8. The van der Waals surface area contributed by atoms with Crippen molar-refractivity contribution >= 4 is 17.5 Å². The van der Waals surface area contributed by atoms with E-state index in [4.69, 9.17) is 5.73 Å². The first-order valence-electron chi connectivity index (χ1n) is 10.5. The van der Waals surface area contributed by atoms with E-state index in [1.165, 1.54) is 34.8 Å². The average molecular weight is 471 g/mol. The first kappa shape index (κ1) is 23.2. The third-order valence-electron chi connectivity index (χ3n) is 5.56. The molecule has 0 fully saturated rings. The van der Waals surface area contributed by atoms with Crippen LogP contribution in [0.5, 0.6) is 0 Å². The molecular formula is C24H21F4N5O. The van der Waals surface area contributed by atoms with Crippen LogP contribution in [-0.2, 0) is 0 Å². The SMILES string of the molecule is Cc1ccc(-c2ccn3nc(N)nc3c2)c(F)c1C(=O)NCCC(c1ccccc1)C(F)(F)F. The van der Waals surface area contributed by atoms with Gasteiger partial charge in [0.25, 0.3) is 5.91 Å². The van der Waals surface area contributed by atoms with Gasteiger partial charge in [-0.05, 0) is 42.2 Å². The normalized spacial score (nSPS) is 12.6. The molecule has 0 saturated heterocycles. The Kier molecular flexibility index (Phi) is 6.23. The molecule has 10 heteroatoms. The van der Waals surface area contributed by atoms with Crippen LogP contribution in [0.15, 0.2) is 60.8 Å². The molecule has 1 atom stereocenters. The van der Waals surface area contributed by atoms with Crippen LogP contribution in [0, 0.1) is 12.7 Å². The van der Waals surface area contributed by atoms with Crippen LogP contribution in [-0.4, -0.2) is 33.2 Å². The van der Waals surface area contributed by atoms with Crippen LogP contribution in [0.2, 0.25) is 0 Å². The molecule has 34 heavy (non-hydrogen) atoms. The van der Waals surface area contributed by atoms with E-state index < -0.39 is 23.8 Å². The third-order valence-corrected chi connectivity index (χ3v) is 5.56. The van der Waals surface area contributed by atoms with Crippen molar-refractivity contribution in [1.82, 2.24) is 19.9 Å². The summed E-state index contributed by atoms with van der Waals surface area (Å²) < 4.78 is 57.5. The number of alkyl halides is 3. The first-order valence-corrected chi connectivity index (χ1v) is 10.5. The number of amides is 1. The van der Waals surface area contributed by atoms with Crippen molar-refractivity contribution in [3.63, 3.8) is 0 Å². The number of hydrogen-bond donors (Lipinski definition) is 2. The molecule has 4 rings (SSSR count). The highest BCUT2D eigenvalue weighted by atomic mass is 19.4. The number of benzene rings is 2. The van der Waals surface area contributed by atoms with Gasteiger partial charge >= 0.3 is 6.18 Å². The molecule has 1 amide bonds. The number of pyridine rings is 1. The van der Waals surface area contributed by atoms with Crippen LogP contribution in [0.4, 0.5) is 23.5 Å². The van der Waals surface area contributed by atoms with Crippen LogP contribution in [0.1, 0.15) is 33.8 Å². The molecule has 0 radical (unpaired) electrons. The Morgan fingerprint density at radius 3 is 2.59 bits per heavy atom. The summed E-state index contributed by atoms with van der Waals surface area (Å²) in [7, 11) is 0. The molecule has 0 spiro atoms. The van der Waals surface area contributed by atoms with Gasteiger partial charge in [0, 0.05) is 18.3 Å². The van der Waals surface area contributed by atoms with Crippen molar-refractivity contribution in [3.8, 4) is 11.1 Å². The topological polar surface area (TPSA) is 85.3 Å². The highest BCUT2D eigenvalue weighted by Gasteiger charge is 2.40. The molecule has 0 aliphatic heterocycles. The molecule has 2 aromatic heterocycles. The van der Waals surface area contributed by atoms with Gasteiger partial charge in [-0.2, -0.15) is 18.2 Å². The Hall–Kier alpha value is -3.95. The van der Waals surface area contributed by atoms with Gasteiger partial charge in [0.05, 0.1) is 11.5 Å². The molecule has 6 nitrogen and oxygen atoms in total. The Labute approximate surface area is 192 Å². The van der Waals surface area contributed by atoms with Crippen molar-refractivity contribution in [2.24, 2.45) is 0 Å². The maximum absolute atomic E-state index is 15.4. The number of aryl methyl sites for hydroxylation is 1. The van der Waals surface area contributed by atoms with E-state index >= 15 is 4.39 Å². The van der Waals surface area contributed by atoms with E-state index in [9.17, 15) is 18.0 Å². The molecule has 0 bridgehead atoms. The summed E-state index contributed by atoms with van der Waals surface area (Å²) in [6.07, 6.45) is -3.28. The predicted octanol–water partition coefficient (Wildman–Crippen LogP) is 4.89. The summed E-state index contributed by atoms with van der Waals surface area (Å²) in [5, 5.41) is 6.41. The Balaban J connectivity index is 1.55. The van der Waals surface area contributed by atoms with Crippen molar-refractivity contribution in [1.29, 1.82) is 0 Å². The fraction of sp³-hybridized carbons (Fsp3) is 0.208. The van der Waals surface area contributed by atoms with E-state index in [0.29, 0.717) is 16.8 Å². The number of carbonyl (C=O) groups is 1. The van der Waals surface area contributed by atoms with Gasteiger partial charge in [-0.25, -0.2) is 8.91 Å². The zero-order valence-corrected chi connectivity index (χ0v) is 18.1. The quantitative estimate of drug-likeness (QED) is 0.392. The lowest BCUT2D eigenvalue weighted by Crippen LogP contribution is -2.30. The molecule has 0 aliphatic rings. The highest BCUT2D eigenvalue weighted by molar-refractivity contribution is 5.97. The van der Waals surface area contributed by atoms with E-state index in [-0.39, 0.29) is 35.6 Å². The number of fused-ring (bicyclic) bond motifs is 1. The number of rotatable bonds is 6. The summed E-state index contributed by atoms with van der Waals surface area (Å²) in [6.45, 7) is 1.29. The van der Waals surface area contributed by atoms with Gasteiger partial charge in [-0.1, -0.05) is 42.5 Å². The van der Waals surface area contributed by atoms with Gasteiger partial charge < -0.3 is 11.1 Å². The molecule has 0 aliphatic carbocycles. The Bertz CT molecular complexity index is 1330. The van der Waals surface area contributed by atoms with E-state index in [2.05, 4.69) is 15.4 Å². The molecule has 0 saturated carbocycles. The first-order chi connectivity index (χ1) is 16.1. The minimum Gasteiger partial charge on any atom is -0.366 e. The molecule has 1 unspecified atom stereocenters. The molecule has 2 heterocycles. The Morgan fingerprint density at radius 1 is 1.15 bits per heavy atom. The largest absolute Gasteiger partial charge is 0.395 e. The van der Waals surface area contributed by atoms with Crippen LogP contribution >= 0.6 is 0 Å². The third kappa shape index (κ3) is 4.70. The van der Waals surface area contributed by atoms with Crippen molar-refractivity contribution in [3.05, 3.63) is 83.3 Å². The number of carbonyl (C=O) groups excluding carboxylic acids is 1. The molecule has 3 N–H and O–H groups in total. The fourth-order valence-electron chi connectivity index (χ4n) is 3.86. The zero-order chi connectivity index (χ0) is 24.5. The molecule has 176 valence electrons. The van der Waals surface area contributed by atoms with Crippen LogP contribution in [0.25, 0.3) is 16.8 Å². The lowest BCUT2D eigenvalue weighted by Gasteiger charge is -2.21. The number of anilines is 1. The predicted molar refractivity (Wildman–Crippen MR) is 120 cm³/mol. The average Bonchev–Trinajstić information content (AvgIpc) is 3.16. The monoisotopic (exact) mass is 471 g/mol. The Morgan fingerprint density at radius 2 is 1.88 bits per heavy atom. The number of nitrogens with one attached hydrogen (secondary N) is 1. The van der Waals surface area contributed by atoms with Crippen molar-refractivity contribution in [2.75, 3.05) is 12.3 Å². The van der Waals surface area contributed by atoms with Crippen molar-refractivity contribution in [2.45, 2.75) is 25.4 Å². The zero-order valence-electron chi connectivity index (χ0n) is 18.1. The van der Waals surface area contributed by atoms with Gasteiger partial charge in [-0.15, -0.1) is 5.10 Å². The lowest BCUT2D eigenvalue weighted by molar-refractivity contribution is -0.151. The molecule has 4 aromatic rings. The maximum atomic E-state index is 15.4. The summed E-state index contributed by atoms with van der Waals surface area (Å²) in [5.74, 6) is -3.23. The summed E-state index contributed by atoms with van der Waals surface area (Å²) in [6, 6.07) is 13.8. The van der Waals surface area contributed by atoms with Gasteiger partial charge in [-0.3, -0.25) is 4.79 Å². The summed E-state index contributed by atoms with van der Waals surface area (Å²) in [5.41, 5.74) is 6.84. The number of nitrogens with zero attached hydrogens (tertiary/aromatic N) is 3. The smallest absolute Gasteiger partial charge is 0.366 e.